The summed E-state index contributed by atoms with van der Waals surface area (Å²) in [6.07, 6.45) is 4.56. The van der Waals surface area contributed by atoms with Crippen LogP contribution < -0.4 is 11.4 Å². The molecule has 20 heavy (non-hydrogen) atoms. The average Bonchev–Trinajstić information content (AvgIpc) is 2.77. The van der Waals surface area contributed by atoms with Crippen molar-refractivity contribution in [2.24, 2.45) is 5.73 Å². The number of halogens is 1. The molecule has 6 nitrogen and oxygen atoms in total. The monoisotopic (exact) mass is 273 g/mol. The minimum Gasteiger partial charge on any atom is -0.322 e. The highest BCUT2D eigenvalue weighted by molar-refractivity contribution is 5.31. The van der Waals surface area contributed by atoms with E-state index in [1.54, 1.807) is 18.3 Å². The molecule has 1 aromatic carbocycles. The molecule has 0 fully saturated rings. The van der Waals surface area contributed by atoms with Gasteiger partial charge in [0.1, 0.15) is 5.82 Å². The predicted octanol–water partition coefficient (Wildman–Crippen LogP) is 0.730. The summed E-state index contributed by atoms with van der Waals surface area (Å²) >= 11 is 0. The molecule has 0 radical (unpaired) electrons. The van der Waals surface area contributed by atoms with Gasteiger partial charge in [0, 0.05) is 18.4 Å². The molecule has 2 N–H and O–H groups in total. The van der Waals surface area contributed by atoms with E-state index in [0.717, 1.165) is 5.56 Å². The molecule has 3 rings (SSSR count). The molecule has 7 heteroatoms. The van der Waals surface area contributed by atoms with Crippen molar-refractivity contribution in [2.75, 3.05) is 0 Å². The third-order valence-corrected chi connectivity index (χ3v) is 3.06. The second-order valence-electron chi connectivity index (χ2n) is 4.43. The van der Waals surface area contributed by atoms with Crippen molar-refractivity contribution in [2.45, 2.75) is 12.6 Å². The third-order valence-electron chi connectivity index (χ3n) is 3.06. The molecule has 2 aromatic heterocycles. The Kier molecular flexibility index (Phi) is 3.03. The van der Waals surface area contributed by atoms with Gasteiger partial charge in [-0.3, -0.25) is 4.98 Å². The lowest BCUT2D eigenvalue weighted by Crippen LogP contribution is -2.27. The van der Waals surface area contributed by atoms with E-state index in [-0.39, 0.29) is 18.1 Å². The van der Waals surface area contributed by atoms with Crippen LogP contribution >= 0.6 is 0 Å². The van der Waals surface area contributed by atoms with Gasteiger partial charge in [0.2, 0.25) is 0 Å². The normalized spacial score (nSPS) is 12.7. The van der Waals surface area contributed by atoms with Crippen molar-refractivity contribution >= 4 is 5.65 Å². The van der Waals surface area contributed by atoms with E-state index >= 15 is 0 Å². The number of nitrogens with zero attached hydrogens (tertiary/aromatic N) is 4. The average molecular weight is 273 g/mol. The van der Waals surface area contributed by atoms with Gasteiger partial charge in [0.15, 0.2) is 5.65 Å². The molecule has 0 aliphatic carbocycles. The van der Waals surface area contributed by atoms with Gasteiger partial charge in [-0.25, -0.2) is 18.3 Å². The van der Waals surface area contributed by atoms with Gasteiger partial charge in [0.05, 0.1) is 12.7 Å². The lowest BCUT2D eigenvalue weighted by atomic mass is 10.1. The summed E-state index contributed by atoms with van der Waals surface area (Å²) in [5.74, 6) is -0.322. The summed E-state index contributed by atoms with van der Waals surface area (Å²) < 4.78 is 15.5. The second kappa shape index (κ2) is 4.86. The largest absolute Gasteiger partial charge is 0.350 e. The molecule has 1 unspecified atom stereocenters. The number of fused-ring (bicyclic) bond motifs is 1. The van der Waals surface area contributed by atoms with Gasteiger partial charge in [0.25, 0.3) is 0 Å². The van der Waals surface area contributed by atoms with E-state index in [2.05, 4.69) is 10.1 Å². The number of benzene rings is 1. The van der Waals surface area contributed by atoms with E-state index in [4.69, 9.17) is 5.73 Å². The minimum atomic E-state index is -0.439. The molecule has 1 atom stereocenters. The highest BCUT2D eigenvalue weighted by Crippen LogP contribution is 2.12. The molecule has 0 aliphatic rings. The van der Waals surface area contributed by atoms with Gasteiger partial charge in [-0.05, 0) is 17.7 Å². The first-order valence-corrected chi connectivity index (χ1v) is 6.05. The highest BCUT2D eigenvalue weighted by atomic mass is 19.1. The zero-order valence-electron chi connectivity index (χ0n) is 10.5. The number of hydrogen-bond donors (Lipinski definition) is 1. The predicted molar refractivity (Wildman–Crippen MR) is 70.6 cm³/mol. The molecule has 0 spiro atoms. The number of rotatable bonds is 3. The van der Waals surface area contributed by atoms with Crippen molar-refractivity contribution in [3.05, 3.63) is 64.7 Å². The summed E-state index contributed by atoms with van der Waals surface area (Å²) in [5, 5.41) is 4.15. The Hall–Kier alpha value is -2.54. The van der Waals surface area contributed by atoms with Crippen LogP contribution in [0.2, 0.25) is 0 Å². The van der Waals surface area contributed by atoms with Gasteiger partial charge >= 0.3 is 5.69 Å². The zero-order valence-corrected chi connectivity index (χ0v) is 10.5. The Labute approximate surface area is 113 Å². The van der Waals surface area contributed by atoms with Gasteiger partial charge in [-0.2, -0.15) is 0 Å². The van der Waals surface area contributed by atoms with Gasteiger partial charge < -0.3 is 5.73 Å². The first kappa shape index (κ1) is 12.5. The molecule has 2 heterocycles. The number of aromatic nitrogens is 4. The lowest BCUT2D eigenvalue weighted by Gasteiger charge is -2.10. The maximum atomic E-state index is 12.9. The summed E-state index contributed by atoms with van der Waals surface area (Å²) in [7, 11) is 0. The van der Waals surface area contributed by atoms with E-state index in [0.29, 0.717) is 5.65 Å². The fourth-order valence-corrected chi connectivity index (χ4v) is 2.00. The molecule has 0 saturated carbocycles. The minimum absolute atomic E-state index is 0.214. The van der Waals surface area contributed by atoms with Crippen LogP contribution in [0.4, 0.5) is 4.39 Å². The maximum absolute atomic E-state index is 12.9. The molecule has 0 bridgehead atoms. The van der Waals surface area contributed by atoms with Crippen LogP contribution in [0.15, 0.2) is 47.7 Å². The summed E-state index contributed by atoms with van der Waals surface area (Å²) in [4.78, 5) is 16.0. The van der Waals surface area contributed by atoms with Crippen LogP contribution in [0.5, 0.6) is 0 Å². The fourth-order valence-electron chi connectivity index (χ4n) is 2.00. The quantitative estimate of drug-likeness (QED) is 0.763. The lowest BCUT2D eigenvalue weighted by molar-refractivity contribution is 0.512. The Balaban J connectivity index is 1.91. The van der Waals surface area contributed by atoms with Crippen LogP contribution in [-0.2, 0) is 6.54 Å². The Morgan fingerprint density at radius 1 is 1.30 bits per heavy atom. The van der Waals surface area contributed by atoms with E-state index < -0.39 is 6.04 Å². The van der Waals surface area contributed by atoms with Crippen LogP contribution in [0.3, 0.4) is 0 Å². The van der Waals surface area contributed by atoms with Crippen LogP contribution in [0.1, 0.15) is 11.6 Å². The van der Waals surface area contributed by atoms with E-state index in [1.165, 1.54) is 33.6 Å². The first-order chi connectivity index (χ1) is 9.65. The molecule has 102 valence electrons. The smallest absolute Gasteiger partial charge is 0.322 e. The SMILES string of the molecule is NC(Cn1nc2cnccn2c1=O)c1ccc(F)cc1. The van der Waals surface area contributed by atoms with E-state index in [9.17, 15) is 9.18 Å². The summed E-state index contributed by atoms with van der Waals surface area (Å²) in [6.45, 7) is 0.214. The van der Waals surface area contributed by atoms with Crippen LogP contribution in [0, 0.1) is 5.82 Å². The Bertz CT molecular complexity index is 792. The fraction of sp³-hybridized carbons (Fsp3) is 0.154. The highest BCUT2D eigenvalue weighted by Gasteiger charge is 2.12. The second-order valence-corrected chi connectivity index (χ2v) is 4.43. The first-order valence-electron chi connectivity index (χ1n) is 6.05. The number of hydrogen-bond acceptors (Lipinski definition) is 4. The van der Waals surface area contributed by atoms with Crippen molar-refractivity contribution < 1.29 is 4.39 Å². The molecule has 0 aliphatic heterocycles. The van der Waals surface area contributed by atoms with E-state index in [1.807, 2.05) is 0 Å². The summed E-state index contributed by atoms with van der Waals surface area (Å²) in [5.41, 5.74) is 6.95. The third kappa shape index (κ3) is 2.19. The van der Waals surface area contributed by atoms with Crippen molar-refractivity contribution in [3.8, 4) is 0 Å². The van der Waals surface area contributed by atoms with Gasteiger partial charge in [-0.15, -0.1) is 5.10 Å². The standard InChI is InChI=1S/C13H12FN5O/c14-10-3-1-9(2-4-10)11(15)8-19-13(20)18-6-5-16-7-12(18)17-19/h1-7,11H,8,15H2. The van der Waals surface area contributed by atoms with Crippen molar-refractivity contribution in [1.29, 1.82) is 0 Å². The van der Waals surface area contributed by atoms with Crippen molar-refractivity contribution in [3.63, 3.8) is 0 Å². The topological polar surface area (TPSA) is 78.2 Å². The van der Waals surface area contributed by atoms with Crippen LogP contribution in [-0.4, -0.2) is 19.2 Å². The number of nitrogens with two attached hydrogens (primary N) is 1. The molecular weight excluding hydrogens is 261 g/mol. The zero-order chi connectivity index (χ0) is 14.1. The Morgan fingerprint density at radius 2 is 2.05 bits per heavy atom. The maximum Gasteiger partial charge on any atom is 0.350 e. The molecule has 0 saturated heterocycles. The molecule has 0 amide bonds. The Morgan fingerprint density at radius 3 is 2.75 bits per heavy atom. The van der Waals surface area contributed by atoms with Crippen molar-refractivity contribution in [1.82, 2.24) is 19.2 Å². The van der Waals surface area contributed by atoms with Crippen LogP contribution in [0.25, 0.3) is 5.65 Å². The van der Waals surface area contributed by atoms with Gasteiger partial charge in [-0.1, -0.05) is 12.1 Å². The molecule has 3 aromatic rings. The molecular formula is C13H12FN5O. The summed E-state index contributed by atoms with van der Waals surface area (Å²) in [6, 6.07) is 5.44.